The molecule has 1 atom stereocenters. The van der Waals surface area contributed by atoms with Crippen molar-refractivity contribution in [1.82, 2.24) is 15.3 Å². The first-order valence-electron chi connectivity index (χ1n) is 10.3. The van der Waals surface area contributed by atoms with Crippen LogP contribution >= 0.6 is 0 Å². The van der Waals surface area contributed by atoms with E-state index in [2.05, 4.69) is 10.3 Å². The Bertz CT molecular complexity index is 1430. The Hall–Kier alpha value is -4.19. The highest BCUT2D eigenvalue weighted by Gasteiger charge is 2.19. The van der Waals surface area contributed by atoms with Crippen molar-refractivity contribution in [3.63, 3.8) is 0 Å². The topological polar surface area (TPSA) is 77.2 Å². The second kappa shape index (κ2) is 8.15. The lowest BCUT2D eigenvalue weighted by atomic mass is 10.0. The molecule has 1 N–H and O–H groups in total. The van der Waals surface area contributed by atoms with Gasteiger partial charge in [0.05, 0.1) is 29.9 Å². The maximum Gasteiger partial charge on any atom is 0.252 e. The lowest BCUT2D eigenvalue weighted by molar-refractivity contribution is 0.0937. The monoisotopic (exact) mass is 423 g/mol. The Morgan fingerprint density at radius 3 is 2.66 bits per heavy atom. The molecule has 0 saturated heterocycles. The molecule has 0 aliphatic heterocycles. The predicted octanol–water partition coefficient (Wildman–Crippen LogP) is 5.54. The van der Waals surface area contributed by atoms with E-state index in [0.29, 0.717) is 22.7 Å². The van der Waals surface area contributed by atoms with E-state index in [1.54, 1.807) is 19.5 Å². The summed E-state index contributed by atoms with van der Waals surface area (Å²) in [5.41, 5.74) is 3.60. The van der Waals surface area contributed by atoms with Crippen molar-refractivity contribution in [2.75, 3.05) is 7.11 Å². The molecule has 0 saturated carbocycles. The number of carbonyl (C=O) groups excluding carboxylic acids is 1. The lowest BCUT2D eigenvalue weighted by Crippen LogP contribution is -2.26. The van der Waals surface area contributed by atoms with Crippen LogP contribution in [-0.2, 0) is 0 Å². The van der Waals surface area contributed by atoms with Gasteiger partial charge in [-0.1, -0.05) is 30.3 Å². The van der Waals surface area contributed by atoms with Gasteiger partial charge in [0.25, 0.3) is 5.91 Å². The molecular formula is C26H21N3O3. The van der Waals surface area contributed by atoms with E-state index in [0.717, 1.165) is 27.5 Å². The number of fused-ring (bicyclic) bond motifs is 2. The van der Waals surface area contributed by atoms with Gasteiger partial charge < -0.3 is 14.5 Å². The van der Waals surface area contributed by atoms with Crippen LogP contribution in [0.5, 0.6) is 5.75 Å². The zero-order chi connectivity index (χ0) is 22.1. The average molecular weight is 423 g/mol. The number of nitrogens with zero attached hydrogens (tertiary/aromatic N) is 2. The average Bonchev–Trinajstić information content (AvgIpc) is 3.28. The molecule has 5 aromatic rings. The van der Waals surface area contributed by atoms with Gasteiger partial charge in [-0.3, -0.25) is 9.78 Å². The van der Waals surface area contributed by atoms with Gasteiger partial charge in [-0.25, -0.2) is 4.98 Å². The van der Waals surface area contributed by atoms with Crippen molar-refractivity contribution in [3.8, 4) is 17.0 Å². The van der Waals surface area contributed by atoms with Crippen molar-refractivity contribution in [2.24, 2.45) is 0 Å². The van der Waals surface area contributed by atoms with Gasteiger partial charge in [0, 0.05) is 28.7 Å². The van der Waals surface area contributed by atoms with Crippen LogP contribution < -0.4 is 10.1 Å². The number of benzene rings is 2. The molecule has 1 amide bonds. The summed E-state index contributed by atoms with van der Waals surface area (Å²) >= 11 is 0. The Morgan fingerprint density at radius 1 is 1.03 bits per heavy atom. The summed E-state index contributed by atoms with van der Waals surface area (Å²) in [4.78, 5) is 22.1. The molecule has 32 heavy (non-hydrogen) atoms. The SMILES string of the molecule is COc1cccc2cc(C(C)NC(=O)c3cc(-c4ccncc4)nc4ccccc34)oc12. The maximum absolute atomic E-state index is 13.3. The Morgan fingerprint density at radius 2 is 1.84 bits per heavy atom. The molecule has 158 valence electrons. The van der Waals surface area contributed by atoms with Crippen LogP contribution in [0.25, 0.3) is 33.1 Å². The minimum absolute atomic E-state index is 0.196. The van der Waals surface area contributed by atoms with Crippen molar-refractivity contribution in [3.05, 3.63) is 90.4 Å². The fourth-order valence-corrected chi connectivity index (χ4v) is 3.81. The Kier molecular flexibility index (Phi) is 5.03. The van der Waals surface area contributed by atoms with Crippen LogP contribution in [0.1, 0.15) is 29.1 Å². The molecule has 0 radical (unpaired) electrons. The molecule has 5 rings (SSSR count). The highest BCUT2D eigenvalue weighted by molar-refractivity contribution is 6.07. The Balaban J connectivity index is 1.51. The van der Waals surface area contributed by atoms with Crippen LogP contribution in [0.15, 0.2) is 83.5 Å². The smallest absolute Gasteiger partial charge is 0.252 e. The third-order valence-corrected chi connectivity index (χ3v) is 5.46. The summed E-state index contributed by atoms with van der Waals surface area (Å²) < 4.78 is 11.4. The fourth-order valence-electron chi connectivity index (χ4n) is 3.81. The summed E-state index contributed by atoms with van der Waals surface area (Å²) in [5, 5.41) is 4.79. The summed E-state index contributed by atoms with van der Waals surface area (Å²) in [5.74, 6) is 1.12. The number of amides is 1. The molecule has 6 heteroatoms. The van der Waals surface area contributed by atoms with E-state index in [4.69, 9.17) is 14.1 Å². The van der Waals surface area contributed by atoms with Crippen molar-refractivity contribution in [1.29, 1.82) is 0 Å². The third kappa shape index (κ3) is 3.56. The van der Waals surface area contributed by atoms with E-state index in [-0.39, 0.29) is 11.9 Å². The maximum atomic E-state index is 13.3. The Labute approximate surface area is 184 Å². The van der Waals surface area contributed by atoms with Crippen LogP contribution in [0.4, 0.5) is 0 Å². The first-order valence-corrected chi connectivity index (χ1v) is 10.3. The number of hydrogen-bond acceptors (Lipinski definition) is 5. The molecule has 3 aromatic heterocycles. The number of aromatic nitrogens is 2. The number of methoxy groups -OCH3 is 1. The zero-order valence-corrected chi connectivity index (χ0v) is 17.7. The number of ether oxygens (including phenoxy) is 1. The van der Waals surface area contributed by atoms with E-state index >= 15 is 0 Å². The fraction of sp³-hybridized carbons (Fsp3) is 0.115. The minimum Gasteiger partial charge on any atom is -0.493 e. The molecule has 0 fully saturated rings. The number of pyridine rings is 2. The van der Waals surface area contributed by atoms with Crippen molar-refractivity contribution in [2.45, 2.75) is 13.0 Å². The van der Waals surface area contributed by atoms with Gasteiger partial charge in [-0.2, -0.15) is 0 Å². The number of furan rings is 1. The van der Waals surface area contributed by atoms with Gasteiger partial charge in [0.1, 0.15) is 5.76 Å². The van der Waals surface area contributed by atoms with Gasteiger partial charge in [-0.15, -0.1) is 0 Å². The van der Waals surface area contributed by atoms with Gasteiger partial charge in [0.2, 0.25) is 0 Å². The van der Waals surface area contributed by atoms with E-state index < -0.39 is 0 Å². The zero-order valence-electron chi connectivity index (χ0n) is 17.7. The number of carbonyl (C=O) groups is 1. The van der Waals surface area contributed by atoms with E-state index in [1.165, 1.54) is 0 Å². The quantitative estimate of drug-likeness (QED) is 0.401. The number of rotatable bonds is 5. The summed E-state index contributed by atoms with van der Waals surface area (Å²) in [6, 6.07) is 20.5. The number of para-hydroxylation sites is 2. The number of nitrogens with one attached hydrogen (secondary N) is 1. The summed E-state index contributed by atoms with van der Waals surface area (Å²) in [6.07, 6.45) is 3.42. The normalized spacial score (nSPS) is 12.1. The van der Waals surface area contributed by atoms with Gasteiger partial charge in [-0.05, 0) is 43.3 Å². The van der Waals surface area contributed by atoms with Gasteiger partial charge in [0.15, 0.2) is 11.3 Å². The molecule has 0 spiro atoms. The minimum atomic E-state index is -0.337. The molecule has 3 heterocycles. The van der Waals surface area contributed by atoms with Crippen LogP contribution in [0.2, 0.25) is 0 Å². The highest BCUT2D eigenvalue weighted by atomic mass is 16.5. The van der Waals surface area contributed by atoms with Crippen LogP contribution in [-0.4, -0.2) is 23.0 Å². The van der Waals surface area contributed by atoms with Gasteiger partial charge >= 0.3 is 0 Å². The highest BCUT2D eigenvalue weighted by Crippen LogP contribution is 2.31. The second-order valence-electron chi connectivity index (χ2n) is 7.53. The molecule has 6 nitrogen and oxygen atoms in total. The second-order valence-corrected chi connectivity index (χ2v) is 7.53. The first kappa shape index (κ1) is 19.8. The van der Waals surface area contributed by atoms with E-state index in [1.807, 2.05) is 73.7 Å². The molecule has 2 aromatic carbocycles. The summed E-state index contributed by atoms with van der Waals surface area (Å²) in [7, 11) is 1.61. The molecule has 0 bridgehead atoms. The van der Waals surface area contributed by atoms with E-state index in [9.17, 15) is 4.79 Å². The predicted molar refractivity (Wildman–Crippen MR) is 124 cm³/mol. The summed E-state index contributed by atoms with van der Waals surface area (Å²) in [6.45, 7) is 1.90. The molecular weight excluding hydrogens is 402 g/mol. The standard InChI is InChI=1S/C26H21N3O3/c1-16(24-14-18-6-5-9-23(31-2)25(18)32-24)28-26(30)20-15-22(17-10-12-27-13-11-17)29-21-8-4-3-7-19(20)21/h3-16H,1-2H3,(H,28,30). The van der Waals surface area contributed by atoms with Crippen LogP contribution in [0.3, 0.4) is 0 Å². The largest absolute Gasteiger partial charge is 0.493 e. The van der Waals surface area contributed by atoms with Crippen LogP contribution in [0, 0.1) is 0 Å². The first-order chi connectivity index (χ1) is 15.6. The molecule has 0 aliphatic rings. The molecule has 1 unspecified atom stereocenters. The third-order valence-electron chi connectivity index (χ3n) is 5.46. The molecule has 0 aliphatic carbocycles. The van der Waals surface area contributed by atoms with Crippen molar-refractivity contribution >= 4 is 27.8 Å². The lowest BCUT2D eigenvalue weighted by Gasteiger charge is -2.14. The number of hydrogen-bond donors (Lipinski definition) is 1. The van der Waals surface area contributed by atoms with Crippen molar-refractivity contribution < 1.29 is 13.9 Å².